The topological polar surface area (TPSA) is 35.2 Å². The van der Waals surface area contributed by atoms with Crippen molar-refractivity contribution in [3.8, 4) is 5.75 Å². The molecule has 2 aliphatic rings. The predicted octanol–water partition coefficient (Wildman–Crippen LogP) is 3.38. The Morgan fingerprint density at radius 1 is 1.33 bits per heavy atom. The second kappa shape index (κ2) is 4.58. The first kappa shape index (κ1) is 12.0. The molecule has 1 aromatic carbocycles. The van der Waals surface area contributed by atoms with E-state index in [1.54, 1.807) is 0 Å². The lowest BCUT2D eigenvalue weighted by molar-refractivity contribution is 0.221. The van der Waals surface area contributed by atoms with E-state index in [9.17, 15) is 0 Å². The summed E-state index contributed by atoms with van der Waals surface area (Å²) >= 11 is 0. The molecule has 0 aromatic heterocycles. The molecule has 2 N–H and O–H groups in total. The fourth-order valence-electron chi connectivity index (χ4n) is 3.62. The summed E-state index contributed by atoms with van der Waals surface area (Å²) in [4.78, 5) is 0. The summed E-state index contributed by atoms with van der Waals surface area (Å²) in [6, 6.07) is 6.52. The Labute approximate surface area is 110 Å². The van der Waals surface area contributed by atoms with Crippen LogP contribution in [0.1, 0.15) is 50.2 Å². The molecule has 0 spiro atoms. The van der Waals surface area contributed by atoms with E-state index in [1.165, 1.54) is 24.0 Å². The predicted molar refractivity (Wildman–Crippen MR) is 73.8 cm³/mol. The molecule has 1 aliphatic carbocycles. The largest absolute Gasteiger partial charge is 0.493 e. The highest BCUT2D eigenvalue weighted by Crippen LogP contribution is 2.43. The fourth-order valence-corrected chi connectivity index (χ4v) is 3.62. The van der Waals surface area contributed by atoms with Crippen LogP contribution in [0.3, 0.4) is 0 Å². The van der Waals surface area contributed by atoms with Gasteiger partial charge in [0, 0.05) is 11.1 Å². The lowest BCUT2D eigenvalue weighted by Gasteiger charge is -2.39. The van der Waals surface area contributed by atoms with Crippen molar-refractivity contribution in [2.24, 2.45) is 11.7 Å². The van der Waals surface area contributed by atoms with Gasteiger partial charge in [-0.05, 0) is 37.2 Å². The van der Waals surface area contributed by atoms with Crippen LogP contribution in [0.15, 0.2) is 18.2 Å². The standard InChI is InChI=1S/C16H23NO/c1-12-5-3-9-16(17,11-12)14-8-2-6-13-7-4-10-18-15(13)14/h2,6,8,12H,3-5,7,9-11,17H2,1H3. The molecule has 0 saturated heterocycles. The maximum absolute atomic E-state index is 6.71. The number of fused-ring (bicyclic) bond motifs is 1. The van der Waals surface area contributed by atoms with Gasteiger partial charge in [-0.1, -0.05) is 38.0 Å². The summed E-state index contributed by atoms with van der Waals surface area (Å²) < 4.78 is 5.93. The van der Waals surface area contributed by atoms with Gasteiger partial charge in [0.15, 0.2) is 0 Å². The summed E-state index contributed by atoms with van der Waals surface area (Å²) in [5.41, 5.74) is 9.15. The van der Waals surface area contributed by atoms with E-state index in [-0.39, 0.29) is 5.54 Å². The molecule has 1 aliphatic heterocycles. The number of rotatable bonds is 1. The summed E-state index contributed by atoms with van der Waals surface area (Å²) in [6.07, 6.45) is 7.00. The lowest BCUT2D eigenvalue weighted by atomic mass is 9.72. The molecule has 2 heteroatoms. The molecule has 1 aromatic rings. The summed E-state index contributed by atoms with van der Waals surface area (Å²) in [7, 11) is 0. The highest BCUT2D eigenvalue weighted by atomic mass is 16.5. The highest BCUT2D eigenvalue weighted by molar-refractivity contribution is 5.46. The van der Waals surface area contributed by atoms with Gasteiger partial charge in [0.05, 0.1) is 6.61 Å². The van der Waals surface area contributed by atoms with Gasteiger partial charge in [0.2, 0.25) is 0 Å². The zero-order valence-electron chi connectivity index (χ0n) is 11.2. The lowest BCUT2D eigenvalue weighted by Crippen LogP contribution is -2.41. The molecule has 0 bridgehead atoms. The first-order chi connectivity index (χ1) is 8.69. The van der Waals surface area contributed by atoms with Crippen molar-refractivity contribution >= 4 is 0 Å². The molecule has 98 valence electrons. The van der Waals surface area contributed by atoms with Crippen LogP contribution < -0.4 is 10.5 Å². The fraction of sp³-hybridized carbons (Fsp3) is 0.625. The van der Waals surface area contributed by atoms with Crippen LogP contribution in [-0.4, -0.2) is 6.61 Å². The molecule has 18 heavy (non-hydrogen) atoms. The molecule has 1 heterocycles. The normalized spacial score (nSPS) is 31.6. The molecular weight excluding hydrogens is 222 g/mol. The highest BCUT2D eigenvalue weighted by Gasteiger charge is 2.35. The summed E-state index contributed by atoms with van der Waals surface area (Å²) in [5, 5.41) is 0. The van der Waals surface area contributed by atoms with Gasteiger partial charge in [-0.2, -0.15) is 0 Å². The Kier molecular flexibility index (Phi) is 3.06. The number of hydrogen-bond acceptors (Lipinski definition) is 2. The molecule has 2 unspecified atom stereocenters. The van der Waals surface area contributed by atoms with Crippen LogP contribution in [0.25, 0.3) is 0 Å². The van der Waals surface area contributed by atoms with Gasteiger partial charge in [-0.25, -0.2) is 0 Å². The van der Waals surface area contributed by atoms with Gasteiger partial charge >= 0.3 is 0 Å². The molecular formula is C16H23NO. The van der Waals surface area contributed by atoms with Crippen LogP contribution in [0.4, 0.5) is 0 Å². The van der Waals surface area contributed by atoms with E-state index in [2.05, 4.69) is 25.1 Å². The van der Waals surface area contributed by atoms with Crippen molar-refractivity contribution in [1.29, 1.82) is 0 Å². The summed E-state index contributed by atoms with van der Waals surface area (Å²) in [6.45, 7) is 3.16. The third-order valence-corrected chi connectivity index (χ3v) is 4.50. The molecule has 1 saturated carbocycles. The number of benzene rings is 1. The molecule has 0 amide bonds. The molecule has 3 rings (SSSR count). The Bertz CT molecular complexity index is 443. The molecule has 0 radical (unpaired) electrons. The van der Waals surface area contributed by atoms with Gasteiger partial charge in [0.25, 0.3) is 0 Å². The number of aryl methyl sites for hydroxylation is 1. The number of nitrogens with two attached hydrogens (primary N) is 1. The smallest absolute Gasteiger partial charge is 0.127 e. The van der Waals surface area contributed by atoms with Crippen LogP contribution >= 0.6 is 0 Å². The zero-order valence-corrected chi connectivity index (χ0v) is 11.2. The Morgan fingerprint density at radius 2 is 2.22 bits per heavy atom. The minimum absolute atomic E-state index is 0.166. The minimum atomic E-state index is -0.166. The third-order valence-electron chi connectivity index (χ3n) is 4.50. The Balaban J connectivity index is 2.00. The second-order valence-electron chi connectivity index (χ2n) is 6.10. The van der Waals surface area contributed by atoms with Crippen molar-refractivity contribution in [3.05, 3.63) is 29.3 Å². The Hall–Kier alpha value is -1.02. The van der Waals surface area contributed by atoms with Crippen molar-refractivity contribution in [2.75, 3.05) is 6.61 Å². The van der Waals surface area contributed by atoms with Crippen LogP contribution in [0.5, 0.6) is 5.75 Å². The first-order valence-corrected chi connectivity index (χ1v) is 7.23. The monoisotopic (exact) mass is 245 g/mol. The minimum Gasteiger partial charge on any atom is -0.493 e. The molecule has 2 nitrogen and oxygen atoms in total. The average Bonchev–Trinajstić information content (AvgIpc) is 2.38. The van der Waals surface area contributed by atoms with E-state index in [1.807, 2.05) is 0 Å². The molecule has 2 atom stereocenters. The van der Waals surface area contributed by atoms with Gasteiger partial charge in [-0.15, -0.1) is 0 Å². The van der Waals surface area contributed by atoms with Gasteiger partial charge < -0.3 is 10.5 Å². The van der Waals surface area contributed by atoms with Crippen LogP contribution in [0, 0.1) is 5.92 Å². The van der Waals surface area contributed by atoms with Crippen molar-refractivity contribution in [2.45, 2.75) is 51.0 Å². The maximum Gasteiger partial charge on any atom is 0.127 e. The second-order valence-corrected chi connectivity index (χ2v) is 6.10. The van der Waals surface area contributed by atoms with E-state index in [0.29, 0.717) is 0 Å². The van der Waals surface area contributed by atoms with Crippen molar-refractivity contribution in [1.82, 2.24) is 0 Å². The first-order valence-electron chi connectivity index (χ1n) is 7.23. The summed E-state index contributed by atoms with van der Waals surface area (Å²) in [5.74, 6) is 1.82. The SMILES string of the molecule is CC1CCCC(N)(c2cccc3c2OCCC3)C1. The Morgan fingerprint density at radius 3 is 3.06 bits per heavy atom. The van der Waals surface area contributed by atoms with Crippen LogP contribution in [-0.2, 0) is 12.0 Å². The maximum atomic E-state index is 6.71. The zero-order chi connectivity index (χ0) is 12.6. The van der Waals surface area contributed by atoms with E-state index >= 15 is 0 Å². The quantitative estimate of drug-likeness (QED) is 0.823. The average molecular weight is 245 g/mol. The third kappa shape index (κ3) is 2.03. The number of ether oxygens (including phenoxy) is 1. The van der Waals surface area contributed by atoms with E-state index in [0.717, 1.165) is 44.0 Å². The van der Waals surface area contributed by atoms with E-state index in [4.69, 9.17) is 10.5 Å². The number of para-hydroxylation sites is 1. The van der Waals surface area contributed by atoms with Gasteiger partial charge in [-0.3, -0.25) is 0 Å². The van der Waals surface area contributed by atoms with Crippen molar-refractivity contribution < 1.29 is 4.74 Å². The van der Waals surface area contributed by atoms with Crippen LogP contribution in [0.2, 0.25) is 0 Å². The molecule has 1 fully saturated rings. The van der Waals surface area contributed by atoms with E-state index < -0.39 is 0 Å². The van der Waals surface area contributed by atoms with Crippen molar-refractivity contribution in [3.63, 3.8) is 0 Å². The van der Waals surface area contributed by atoms with Gasteiger partial charge in [0.1, 0.15) is 5.75 Å². The number of hydrogen-bond donors (Lipinski definition) is 1.